The molecule has 4 nitrogen and oxygen atoms in total. The van der Waals surface area contributed by atoms with E-state index in [9.17, 15) is 4.79 Å². The van der Waals surface area contributed by atoms with Crippen LogP contribution < -0.4 is 5.73 Å². The van der Waals surface area contributed by atoms with Crippen molar-refractivity contribution < 1.29 is 9.53 Å². The van der Waals surface area contributed by atoms with Gasteiger partial charge in [0.15, 0.2) is 0 Å². The first kappa shape index (κ1) is 16.4. The number of nitrogens with zero attached hydrogens (tertiary/aromatic N) is 1. The summed E-state index contributed by atoms with van der Waals surface area (Å²) in [7, 11) is 1.84. The summed E-state index contributed by atoms with van der Waals surface area (Å²) in [6.45, 7) is 9.52. The van der Waals surface area contributed by atoms with Gasteiger partial charge < -0.3 is 15.4 Å². The lowest BCUT2D eigenvalue weighted by Gasteiger charge is -2.42. The molecule has 19 heavy (non-hydrogen) atoms. The Labute approximate surface area is 121 Å². The highest BCUT2D eigenvalue weighted by molar-refractivity contribution is 7.80. The molecule has 5 heteroatoms. The number of hydrogen-bond donors (Lipinski definition) is 1. The number of ether oxygens (including phenoxy) is 1. The molecule has 2 N–H and O–H groups in total. The molecule has 0 aromatic carbocycles. The van der Waals surface area contributed by atoms with Gasteiger partial charge in [0, 0.05) is 26.3 Å². The SMILES string of the molecule is CC(N(C)C(=O)C1(C(N)=S)CCOCC1)C(C)(C)C. The van der Waals surface area contributed by atoms with Crippen LogP contribution in [0.4, 0.5) is 0 Å². The summed E-state index contributed by atoms with van der Waals surface area (Å²) < 4.78 is 5.35. The normalized spacial score (nSPS) is 20.7. The summed E-state index contributed by atoms with van der Waals surface area (Å²) in [5.41, 5.74) is 5.18. The molecule has 1 saturated heterocycles. The topological polar surface area (TPSA) is 55.6 Å². The Kier molecular flexibility index (Phi) is 4.96. The fourth-order valence-corrected chi connectivity index (χ4v) is 2.67. The van der Waals surface area contributed by atoms with Crippen molar-refractivity contribution in [2.24, 2.45) is 16.6 Å². The van der Waals surface area contributed by atoms with Gasteiger partial charge in [0.1, 0.15) is 5.41 Å². The second-order valence-electron chi connectivity index (χ2n) is 6.52. The van der Waals surface area contributed by atoms with E-state index in [4.69, 9.17) is 22.7 Å². The number of carbonyl (C=O) groups excluding carboxylic acids is 1. The molecule has 0 aromatic heterocycles. The average molecular weight is 286 g/mol. The van der Waals surface area contributed by atoms with Crippen LogP contribution in [0.15, 0.2) is 0 Å². The Morgan fingerprint density at radius 1 is 1.37 bits per heavy atom. The minimum atomic E-state index is -0.720. The third-order valence-electron chi connectivity index (χ3n) is 4.38. The van der Waals surface area contributed by atoms with Crippen LogP contribution in [0.2, 0.25) is 0 Å². The van der Waals surface area contributed by atoms with Gasteiger partial charge in [-0.2, -0.15) is 0 Å². The zero-order chi connectivity index (χ0) is 14.8. The van der Waals surface area contributed by atoms with E-state index >= 15 is 0 Å². The van der Waals surface area contributed by atoms with E-state index in [0.717, 1.165) is 0 Å². The maximum Gasteiger partial charge on any atom is 0.235 e. The quantitative estimate of drug-likeness (QED) is 0.806. The van der Waals surface area contributed by atoms with Gasteiger partial charge in [-0.25, -0.2) is 0 Å². The molecule has 0 aromatic rings. The van der Waals surface area contributed by atoms with Gasteiger partial charge >= 0.3 is 0 Å². The molecule has 1 rings (SSSR count). The Morgan fingerprint density at radius 3 is 2.21 bits per heavy atom. The van der Waals surface area contributed by atoms with Crippen LogP contribution >= 0.6 is 12.2 Å². The third kappa shape index (κ3) is 3.26. The van der Waals surface area contributed by atoms with Crippen molar-refractivity contribution in [3.63, 3.8) is 0 Å². The third-order valence-corrected chi connectivity index (χ3v) is 4.77. The Bertz CT molecular complexity index is 357. The molecule has 1 aliphatic rings. The van der Waals surface area contributed by atoms with Crippen LogP contribution in [-0.4, -0.2) is 42.1 Å². The Hall–Kier alpha value is -0.680. The maximum atomic E-state index is 12.9. The van der Waals surface area contributed by atoms with Crippen LogP contribution in [0.1, 0.15) is 40.5 Å². The van der Waals surface area contributed by atoms with E-state index in [0.29, 0.717) is 31.0 Å². The van der Waals surface area contributed by atoms with Crippen LogP contribution in [0, 0.1) is 10.8 Å². The monoisotopic (exact) mass is 286 g/mol. The van der Waals surface area contributed by atoms with Gasteiger partial charge in [-0.15, -0.1) is 0 Å². The fraction of sp³-hybridized carbons (Fsp3) is 0.857. The van der Waals surface area contributed by atoms with Crippen LogP contribution in [0.3, 0.4) is 0 Å². The minimum absolute atomic E-state index is 0.0208. The zero-order valence-electron chi connectivity index (χ0n) is 12.7. The predicted octanol–water partition coefficient (Wildman–Crippen LogP) is 1.96. The molecule has 0 bridgehead atoms. The summed E-state index contributed by atoms with van der Waals surface area (Å²) in [5, 5.41) is 0. The molecule has 0 aliphatic carbocycles. The number of nitrogens with two attached hydrogens (primary N) is 1. The molecule has 1 aliphatic heterocycles. The smallest absolute Gasteiger partial charge is 0.235 e. The number of thiocarbonyl (C=S) groups is 1. The Morgan fingerprint density at radius 2 is 1.84 bits per heavy atom. The molecule has 0 radical (unpaired) electrons. The first-order valence-corrected chi connectivity index (χ1v) is 7.18. The second-order valence-corrected chi connectivity index (χ2v) is 6.96. The van der Waals surface area contributed by atoms with Gasteiger partial charge in [0.2, 0.25) is 5.91 Å². The summed E-state index contributed by atoms with van der Waals surface area (Å²) in [6, 6.07) is 0.120. The summed E-state index contributed by atoms with van der Waals surface area (Å²) >= 11 is 5.18. The largest absolute Gasteiger partial charge is 0.392 e. The van der Waals surface area contributed by atoms with E-state index in [2.05, 4.69) is 27.7 Å². The van der Waals surface area contributed by atoms with Crippen molar-refractivity contribution >= 4 is 23.1 Å². The first-order chi connectivity index (χ1) is 8.63. The number of carbonyl (C=O) groups is 1. The molecular weight excluding hydrogens is 260 g/mol. The summed E-state index contributed by atoms with van der Waals surface area (Å²) in [5.74, 6) is 0.0331. The van der Waals surface area contributed by atoms with Crippen LogP contribution in [0.5, 0.6) is 0 Å². The number of rotatable bonds is 3. The Balaban J connectivity index is 2.98. The second kappa shape index (κ2) is 5.75. The number of hydrogen-bond acceptors (Lipinski definition) is 3. The lowest BCUT2D eigenvalue weighted by molar-refractivity contribution is -0.144. The molecule has 1 fully saturated rings. The molecule has 1 atom stereocenters. The van der Waals surface area contributed by atoms with Gasteiger partial charge in [-0.1, -0.05) is 33.0 Å². The maximum absolute atomic E-state index is 12.9. The van der Waals surface area contributed by atoms with Crippen molar-refractivity contribution in [1.82, 2.24) is 4.90 Å². The first-order valence-electron chi connectivity index (χ1n) is 6.78. The average Bonchev–Trinajstić information content (AvgIpc) is 2.35. The summed E-state index contributed by atoms with van der Waals surface area (Å²) in [6.07, 6.45) is 1.17. The molecule has 110 valence electrons. The van der Waals surface area contributed by atoms with Gasteiger partial charge in [0.25, 0.3) is 0 Å². The van der Waals surface area contributed by atoms with Crippen molar-refractivity contribution in [3.8, 4) is 0 Å². The van der Waals surface area contributed by atoms with Gasteiger partial charge in [-0.3, -0.25) is 4.79 Å². The number of amides is 1. The molecule has 0 saturated carbocycles. The van der Waals surface area contributed by atoms with E-state index < -0.39 is 5.41 Å². The highest BCUT2D eigenvalue weighted by Gasteiger charge is 2.46. The molecular formula is C14H26N2O2S. The standard InChI is InChI=1S/C14H26N2O2S/c1-10(13(2,3)4)16(5)12(17)14(11(15)19)6-8-18-9-7-14/h10H,6-9H2,1-5H3,(H2,15,19). The molecule has 1 heterocycles. The molecule has 0 spiro atoms. The van der Waals surface area contributed by atoms with Gasteiger partial charge in [0.05, 0.1) is 4.99 Å². The molecule has 1 unspecified atom stereocenters. The lowest BCUT2D eigenvalue weighted by Crippen LogP contribution is -2.56. The highest BCUT2D eigenvalue weighted by Crippen LogP contribution is 2.35. The van der Waals surface area contributed by atoms with E-state index in [1.165, 1.54) is 0 Å². The molecule has 1 amide bonds. The summed E-state index contributed by atoms with van der Waals surface area (Å²) in [4.78, 5) is 14.9. The van der Waals surface area contributed by atoms with Crippen molar-refractivity contribution in [3.05, 3.63) is 0 Å². The lowest BCUT2D eigenvalue weighted by atomic mass is 9.77. The minimum Gasteiger partial charge on any atom is -0.392 e. The highest BCUT2D eigenvalue weighted by atomic mass is 32.1. The van der Waals surface area contributed by atoms with E-state index in [1.54, 1.807) is 4.90 Å². The fourth-order valence-electron chi connectivity index (χ4n) is 2.38. The van der Waals surface area contributed by atoms with E-state index in [1.807, 2.05) is 7.05 Å². The van der Waals surface area contributed by atoms with Gasteiger partial charge in [-0.05, 0) is 25.2 Å². The van der Waals surface area contributed by atoms with Crippen molar-refractivity contribution in [1.29, 1.82) is 0 Å². The predicted molar refractivity (Wildman–Crippen MR) is 81.0 cm³/mol. The van der Waals surface area contributed by atoms with E-state index in [-0.39, 0.29) is 17.4 Å². The zero-order valence-corrected chi connectivity index (χ0v) is 13.5. The van der Waals surface area contributed by atoms with Crippen molar-refractivity contribution in [2.45, 2.75) is 46.6 Å². The van der Waals surface area contributed by atoms with Crippen LogP contribution in [0.25, 0.3) is 0 Å². The van der Waals surface area contributed by atoms with Crippen molar-refractivity contribution in [2.75, 3.05) is 20.3 Å². The van der Waals surface area contributed by atoms with Crippen LogP contribution in [-0.2, 0) is 9.53 Å².